The van der Waals surface area contributed by atoms with Gasteiger partial charge in [-0.2, -0.15) is 0 Å². The molecule has 4 heteroatoms. The van der Waals surface area contributed by atoms with Gasteiger partial charge in [-0.1, -0.05) is 36.1 Å². The van der Waals surface area contributed by atoms with Crippen molar-refractivity contribution in [2.75, 3.05) is 12.4 Å². The highest BCUT2D eigenvalue weighted by molar-refractivity contribution is 6.04. The van der Waals surface area contributed by atoms with Crippen molar-refractivity contribution >= 4 is 11.6 Å². The largest absolute Gasteiger partial charge is 0.481 e. The van der Waals surface area contributed by atoms with Crippen LogP contribution in [0.15, 0.2) is 72.9 Å². The molecule has 0 bridgehead atoms. The number of nitrogens with zero attached hydrogens (tertiary/aromatic N) is 1. The van der Waals surface area contributed by atoms with Gasteiger partial charge in [0.1, 0.15) is 0 Å². The van der Waals surface area contributed by atoms with Crippen molar-refractivity contribution in [2.45, 2.75) is 0 Å². The molecule has 1 N–H and O–H groups in total. The van der Waals surface area contributed by atoms with Crippen LogP contribution in [0.1, 0.15) is 21.5 Å². The molecule has 25 heavy (non-hydrogen) atoms. The van der Waals surface area contributed by atoms with Crippen LogP contribution in [0.25, 0.3) is 0 Å². The van der Waals surface area contributed by atoms with Gasteiger partial charge in [0.25, 0.3) is 5.91 Å². The third-order valence-corrected chi connectivity index (χ3v) is 3.45. The number of aromatic nitrogens is 1. The van der Waals surface area contributed by atoms with E-state index in [-0.39, 0.29) is 5.91 Å². The molecule has 0 spiro atoms. The lowest BCUT2D eigenvalue weighted by atomic mass is 10.1. The molecule has 0 atom stereocenters. The zero-order valence-electron chi connectivity index (χ0n) is 13.7. The second-order valence-corrected chi connectivity index (χ2v) is 5.24. The topological polar surface area (TPSA) is 51.2 Å². The van der Waals surface area contributed by atoms with Crippen molar-refractivity contribution in [2.24, 2.45) is 0 Å². The number of nitrogens with one attached hydrogen (secondary N) is 1. The Morgan fingerprint density at radius 1 is 0.960 bits per heavy atom. The molecule has 3 aromatic rings. The number of benzene rings is 2. The summed E-state index contributed by atoms with van der Waals surface area (Å²) < 4.78 is 4.99. The number of rotatable bonds is 3. The van der Waals surface area contributed by atoms with Gasteiger partial charge in [-0.05, 0) is 36.4 Å². The van der Waals surface area contributed by atoms with Crippen molar-refractivity contribution in [3.8, 4) is 17.7 Å². The SMILES string of the molecule is COc1ccc(C(=O)Nc2cccc(C#Cc3ccccc3)c2)cn1. The maximum atomic E-state index is 12.3. The van der Waals surface area contributed by atoms with Crippen molar-refractivity contribution in [3.05, 3.63) is 89.6 Å². The molecule has 0 unspecified atom stereocenters. The molecule has 0 fully saturated rings. The Bertz CT molecular complexity index is 923. The van der Waals surface area contributed by atoms with E-state index in [4.69, 9.17) is 4.74 Å². The highest BCUT2D eigenvalue weighted by Gasteiger charge is 2.07. The third kappa shape index (κ3) is 4.46. The van der Waals surface area contributed by atoms with E-state index in [0.717, 1.165) is 11.1 Å². The van der Waals surface area contributed by atoms with Crippen LogP contribution < -0.4 is 10.1 Å². The summed E-state index contributed by atoms with van der Waals surface area (Å²) in [5, 5.41) is 2.85. The number of hydrogen-bond donors (Lipinski definition) is 1. The standard InChI is InChI=1S/C21H16N2O2/c1-25-20-13-12-18(15-22-20)21(24)23-19-9-5-8-17(14-19)11-10-16-6-3-2-4-7-16/h2-9,12-15H,1H3,(H,23,24). The Kier molecular flexibility index (Phi) is 5.08. The number of hydrogen-bond acceptors (Lipinski definition) is 3. The molecule has 0 radical (unpaired) electrons. The Morgan fingerprint density at radius 2 is 1.72 bits per heavy atom. The summed E-state index contributed by atoms with van der Waals surface area (Å²) >= 11 is 0. The Morgan fingerprint density at radius 3 is 2.44 bits per heavy atom. The summed E-state index contributed by atoms with van der Waals surface area (Å²) in [5.41, 5.74) is 2.91. The Balaban J connectivity index is 1.73. The summed E-state index contributed by atoms with van der Waals surface area (Å²) in [6.45, 7) is 0. The zero-order chi connectivity index (χ0) is 17.5. The fourth-order valence-corrected chi connectivity index (χ4v) is 2.18. The van der Waals surface area contributed by atoms with Crippen LogP contribution in [0.5, 0.6) is 5.88 Å². The number of anilines is 1. The van der Waals surface area contributed by atoms with Gasteiger partial charge in [-0.25, -0.2) is 4.98 Å². The highest BCUT2D eigenvalue weighted by Crippen LogP contribution is 2.13. The van der Waals surface area contributed by atoms with Crippen LogP contribution in [0.4, 0.5) is 5.69 Å². The lowest BCUT2D eigenvalue weighted by molar-refractivity contribution is 0.102. The van der Waals surface area contributed by atoms with Crippen LogP contribution in [-0.4, -0.2) is 18.0 Å². The van der Waals surface area contributed by atoms with E-state index in [1.54, 1.807) is 12.1 Å². The molecule has 2 aromatic carbocycles. The third-order valence-electron chi connectivity index (χ3n) is 3.45. The zero-order valence-corrected chi connectivity index (χ0v) is 13.7. The first-order valence-electron chi connectivity index (χ1n) is 7.73. The maximum absolute atomic E-state index is 12.3. The number of carbonyl (C=O) groups excluding carboxylic acids is 1. The van der Waals surface area contributed by atoms with E-state index in [1.807, 2.05) is 54.6 Å². The highest BCUT2D eigenvalue weighted by atomic mass is 16.5. The minimum atomic E-state index is -0.233. The predicted molar refractivity (Wildman–Crippen MR) is 97.6 cm³/mol. The van der Waals surface area contributed by atoms with Gasteiger partial charge in [0.15, 0.2) is 0 Å². The van der Waals surface area contributed by atoms with Crippen molar-refractivity contribution in [1.82, 2.24) is 4.98 Å². The first-order chi connectivity index (χ1) is 12.2. The summed E-state index contributed by atoms with van der Waals surface area (Å²) in [4.78, 5) is 16.3. The van der Waals surface area contributed by atoms with E-state index < -0.39 is 0 Å². The monoisotopic (exact) mass is 328 g/mol. The first-order valence-corrected chi connectivity index (χ1v) is 7.73. The smallest absolute Gasteiger partial charge is 0.257 e. The molecule has 4 nitrogen and oxygen atoms in total. The Labute approximate surface area is 146 Å². The lowest BCUT2D eigenvalue weighted by Gasteiger charge is -2.06. The molecular formula is C21H16N2O2. The van der Waals surface area contributed by atoms with E-state index in [0.29, 0.717) is 17.1 Å². The molecule has 0 saturated carbocycles. The van der Waals surface area contributed by atoms with E-state index >= 15 is 0 Å². The summed E-state index contributed by atoms with van der Waals surface area (Å²) in [6.07, 6.45) is 1.48. The molecule has 1 amide bonds. The average Bonchev–Trinajstić information content (AvgIpc) is 2.67. The van der Waals surface area contributed by atoms with Crippen molar-refractivity contribution < 1.29 is 9.53 Å². The van der Waals surface area contributed by atoms with Crippen molar-refractivity contribution in [1.29, 1.82) is 0 Å². The molecule has 122 valence electrons. The molecular weight excluding hydrogens is 312 g/mol. The lowest BCUT2D eigenvalue weighted by Crippen LogP contribution is -2.12. The molecule has 0 saturated heterocycles. The van der Waals surface area contributed by atoms with Crippen LogP contribution in [0, 0.1) is 11.8 Å². The molecule has 0 aliphatic carbocycles. The summed E-state index contributed by atoms with van der Waals surface area (Å²) in [6, 6.07) is 20.5. The minimum Gasteiger partial charge on any atom is -0.481 e. The van der Waals surface area contributed by atoms with E-state index in [2.05, 4.69) is 22.1 Å². The van der Waals surface area contributed by atoms with Gasteiger partial charge < -0.3 is 10.1 Å². The minimum absolute atomic E-state index is 0.233. The quantitative estimate of drug-likeness (QED) is 0.745. The van der Waals surface area contributed by atoms with Crippen LogP contribution in [0.3, 0.4) is 0 Å². The van der Waals surface area contributed by atoms with E-state index in [1.165, 1.54) is 13.3 Å². The summed E-state index contributed by atoms with van der Waals surface area (Å²) in [7, 11) is 1.53. The molecule has 0 aliphatic heterocycles. The normalized spacial score (nSPS) is 9.64. The second-order valence-electron chi connectivity index (χ2n) is 5.24. The average molecular weight is 328 g/mol. The fraction of sp³-hybridized carbons (Fsp3) is 0.0476. The summed E-state index contributed by atoms with van der Waals surface area (Å²) in [5.74, 6) is 6.43. The van der Waals surface area contributed by atoms with Crippen LogP contribution in [0.2, 0.25) is 0 Å². The molecule has 0 aliphatic rings. The number of carbonyl (C=O) groups is 1. The van der Waals surface area contributed by atoms with Gasteiger partial charge in [0.05, 0.1) is 12.7 Å². The molecule has 1 heterocycles. The van der Waals surface area contributed by atoms with Gasteiger partial charge in [0, 0.05) is 29.1 Å². The molecule has 1 aromatic heterocycles. The fourth-order valence-electron chi connectivity index (χ4n) is 2.18. The van der Waals surface area contributed by atoms with Crippen molar-refractivity contribution in [3.63, 3.8) is 0 Å². The van der Waals surface area contributed by atoms with E-state index in [9.17, 15) is 4.79 Å². The van der Waals surface area contributed by atoms with Gasteiger partial charge >= 0.3 is 0 Å². The number of pyridine rings is 1. The Hall–Kier alpha value is -3.58. The number of methoxy groups -OCH3 is 1. The van der Waals surface area contributed by atoms with Crippen LogP contribution >= 0.6 is 0 Å². The predicted octanol–water partition coefficient (Wildman–Crippen LogP) is 3.74. The van der Waals surface area contributed by atoms with Crippen LogP contribution in [-0.2, 0) is 0 Å². The van der Waals surface area contributed by atoms with Gasteiger partial charge in [0.2, 0.25) is 5.88 Å². The maximum Gasteiger partial charge on any atom is 0.257 e. The number of amides is 1. The first kappa shape index (κ1) is 16.3. The van der Waals surface area contributed by atoms with Gasteiger partial charge in [-0.3, -0.25) is 4.79 Å². The molecule has 3 rings (SSSR count). The number of ether oxygens (including phenoxy) is 1. The second kappa shape index (κ2) is 7.80. The van der Waals surface area contributed by atoms with Gasteiger partial charge in [-0.15, -0.1) is 0 Å².